The van der Waals surface area contributed by atoms with E-state index in [1.165, 1.54) is 11.1 Å². The van der Waals surface area contributed by atoms with E-state index in [9.17, 15) is 4.79 Å². The van der Waals surface area contributed by atoms with Crippen LogP contribution in [0.4, 0.5) is 0 Å². The quantitative estimate of drug-likeness (QED) is 0.717. The average molecular weight is 361 g/mol. The summed E-state index contributed by atoms with van der Waals surface area (Å²) in [5.41, 5.74) is 3.33. The van der Waals surface area contributed by atoms with Crippen LogP contribution in [-0.2, 0) is 17.9 Å². The Balaban J connectivity index is 1.36. The van der Waals surface area contributed by atoms with Crippen LogP contribution in [0.2, 0.25) is 0 Å². The summed E-state index contributed by atoms with van der Waals surface area (Å²) in [4.78, 5) is 25.7. The third kappa shape index (κ3) is 3.21. The Kier molecular flexibility index (Phi) is 4.13. The lowest BCUT2D eigenvalue weighted by Crippen LogP contribution is -2.42. The molecule has 2 aliphatic rings. The maximum absolute atomic E-state index is 12.1. The highest BCUT2D eigenvalue weighted by molar-refractivity contribution is 5.78. The van der Waals surface area contributed by atoms with Gasteiger partial charge >= 0.3 is 0 Å². The van der Waals surface area contributed by atoms with Crippen molar-refractivity contribution in [1.82, 2.24) is 24.3 Å². The second-order valence-corrected chi connectivity index (χ2v) is 7.55. The summed E-state index contributed by atoms with van der Waals surface area (Å²) >= 11 is 0. The molecule has 0 aliphatic carbocycles. The van der Waals surface area contributed by atoms with Crippen LogP contribution < -0.4 is 0 Å². The van der Waals surface area contributed by atoms with Crippen LogP contribution in [-0.4, -0.2) is 49.9 Å². The van der Waals surface area contributed by atoms with E-state index in [1.807, 2.05) is 29.6 Å². The van der Waals surface area contributed by atoms with Crippen molar-refractivity contribution in [3.8, 4) is 0 Å². The van der Waals surface area contributed by atoms with Gasteiger partial charge in [0.25, 0.3) is 0 Å². The summed E-state index contributed by atoms with van der Waals surface area (Å²) in [7, 11) is 0. The van der Waals surface area contributed by atoms with Gasteiger partial charge in [0.15, 0.2) is 0 Å². The largest absolute Gasteiger partial charge is 0.341 e. The van der Waals surface area contributed by atoms with Gasteiger partial charge in [-0.15, -0.1) is 0 Å². The lowest BCUT2D eigenvalue weighted by molar-refractivity contribution is -0.128. The van der Waals surface area contributed by atoms with Gasteiger partial charge in [0, 0.05) is 50.7 Å². The molecule has 3 aromatic rings. The Labute approximate surface area is 158 Å². The molecular formula is C21H23N5O. The van der Waals surface area contributed by atoms with Crippen LogP contribution in [0.1, 0.15) is 30.3 Å². The Hall–Kier alpha value is -2.73. The zero-order valence-electron chi connectivity index (χ0n) is 15.3. The fourth-order valence-electron chi connectivity index (χ4n) is 4.31. The molecule has 0 N–H and O–H groups in total. The Morgan fingerprint density at radius 2 is 2.07 bits per heavy atom. The molecule has 6 nitrogen and oxygen atoms in total. The molecule has 1 amide bonds. The first-order valence-electron chi connectivity index (χ1n) is 9.62. The van der Waals surface area contributed by atoms with Gasteiger partial charge in [-0.2, -0.15) is 0 Å². The molecular weight excluding hydrogens is 338 g/mol. The topological polar surface area (TPSA) is 54.3 Å². The molecule has 6 heteroatoms. The molecule has 138 valence electrons. The lowest BCUT2D eigenvalue weighted by Gasteiger charge is -2.36. The minimum absolute atomic E-state index is 0.249. The Morgan fingerprint density at radius 3 is 2.96 bits per heavy atom. The number of pyridine rings is 1. The van der Waals surface area contributed by atoms with Crippen molar-refractivity contribution in [2.75, 3.05) is 19.6 Å². The summed E-state index contributed by atoms with van der Waals surface area (Å²) < 4.78 is 2.25. The van der Waals surface area contributed by atoms with Crippen LogP contribution in [0.5, 0.6) is 0 Å². The first kappa shape index (κ1) is 16.4. The highest BCUT2D eigenvalue weighted by Crippen LogP contribution is 2.25. The number of fused-ring (bicyclic) bond motifs is 2. The van der Waals surface area contributed by atoms with E-state index in [1.54, 1.807) is 0 Å². The fraction of sp³-hybridized carbons (Fsp3) is 0.381. The van der Waals surface area contributed by atoms with E-state index >= 15 is 0 Å². The predicted octanol–water partition coefficient (Wildman–Crippen LogP) is 2.61. The predicted molar refractivity (Wildman–Crippen MR) is 103 cm³/mol. The third-order valence-corrected chi connectivity index (χ3v) is 5.64. The number of aromatic nitrogens is 3. The van der Waals surface area contributed by atoms with E-state index in [0.29, 0.717) is 6.42 Å². The fourth-order valence-corrected chi connectivity index (χ4v) is 4.31. The molecule has 2 aromatic heterocycles. The number of hydrogen-bond acceptors (Lipinski definition) is 4. The normalized spacial score (nSPS) is 20.4. The van der Waals surface area contributed by atoms with E-state index < -0.39 is 0 Å². The van der Waals surface area contributed by atoms with Crippen molar-refractivity contribution < 1.29 is 4.79 Å². The van der Waals surface area contributed by atoms with Crippen molar-refractivity contribution in [3.63, 3.8) is 0 Å². The number of para-hydroxylation sites is 1. The van der Waals surface area contributed by atoms with Gasteiger partial charge in [-0.3, -0.25) is 14.7 Å². The number of benzene rings is 1. The molecule has 0 bridgehead atoms. The van der Waals surface area contributed by atoms with Crippen molar-refractivity contribution >= 4 is 16.8 Å². The van der Waals surface area contributed by atoms with Crippen molar-refractivity contribution in [2.24, 2.45) is 0 Å². The summed E-state index contributed by atoms with van der Waals surface area (Å²) in [5.74, 6) is 0.282. The molecule has 1 saturated heterocycles. The van der Waals surface area contributed by atoms with Gasteiger partial charge in [0.05, 0.1) is 29.3 Å². The van der Waals surface area contributed by atoms with Gasteiger partial charge in [-0.05, 0) is 18.6 Å². The zero-order valence-corrected chi connectivity index (χ0v) is 15.3. The number of hydrogen-bond donors (Lipinski definition) is 0. The molecule has 0 unspecified atom stereocenters. The summed E-state index contributed by atoms with van der Waals surface area (Å²) in [6.45, 7) is 4.22. The molecule has 0 saturated carbocycles. The number of amides is 1. The van der Waals surface area contributed by atoms with Crippen LogP contribution >= 0.6 is 0 Å². The number of nitrogens with zero attached hydrogens (tertiary/aromatic N) is 5. The number of imidazole rings is 1. The summed E-state index contributed by atoms with van der Waals surface area (Å²) in [6.07, 6.45) is 5.52. The maximum Gasteiger partial charge on any atom is 0.222 e. The SMILES string of the molecule is O=C1CCCN1C[C@@H]1CN(Cc2ccc3ccccc3n2)Cc2cncn21. The first-order valence-corrected chi connectivity index (χ1v) is 9.62. The second kappa shape index (κ2) is 6.78. The van der Waals surface area contributed by atoms with Crippen LogP contribution in [0.3, 0.4) is 0 Å². The molecule has 4 heterocycles. The zero-order chi connectivity index (χ0) is 18.2. The van der Waals surface area contributed by atoms with E-state index in [4.69, 9.17) is 4.98 Å². The van der Waals surface area contributed by atoms with Crippen LogP contribution in [0, 0.1) is 0 Å². The molecule has 1 aromatic carbocycles. The molecule has 27 heavy (non-hydrogen) atoms. The van der Waals surface area contributed by atoms with Gasteiger partial charge in [-0.25, -0.2) is 4.98 Å². The van der Waals surface area contributed by atoms with Gasteiger partial charge < -0.3 is 9.47 Å². The average Bonchev–Trinajstić information content (AvgIpc) is 3.31. The molecule has 0 spiro atoms. The smallest absolute Gasteiger partial charge is 0.222 e. The Bertz CT molecular complexity index is 981. The number of carbonyl (C=O) groups is 1. The minimum Gasteiger partial charge on any atom is -0.341 e. The van der Waals surface area contributed by atoms with Crippen molar-refractivity contribution in [2.45, 2.75) is 32.0 Å². The first-order chi connectivity index (χ1) is 13.3. The van der Waals surface area contributed by atoms with Crippen molar-refractivity contribution in [3.05, 3.63) is 60.3 Å². The van der Waals surface area contributed by atoms with E-state index in [-0.39, 0.29) is 11.9 Å². The lowest BCUT2D eigenvalue weighted by atomic mass is 10.1. The molecule has 2 aliphatic heterocycles. The van der Waals surface area contributed by atoms with Gasteiger partial charge in [0.2, 0.25) is 5.91 Å². The van der Waals surface area contributed by atoms with Gasteiger partial charge in [0.1, 0.15) is 0 Å². The highest BCUT2D eigenvalue weighted by atomic mass is 16.2. The minimum atomic E-state index is 0.249. The Morgan fingerprint density at radius 1 is 1.15 bits per heavy atom. The maximum atomic E-state index is 12.1. The van der Waals surface area contributed by atoms with Crippen LogP contribution in [0.25, 0.3) is 10.9 Å². The monoisotopic (exact) mass is 361 g/mol. The summed E-state index contributed by atoms with van der Waals surface area (Å²) in [6, 6.07) is 12.7. The number of likely N-dealkylation sites (tertiary alicyclic amines) is 1. The highest BCUT2D eigenvalue weighted by Gasteiger charge is 2.30. The molecule has 5 rings (SSSR count). The number of rotatable bonds is 4. The van der Waals surface area contributed by atoms with E-state index in [0.717, 1.165) is 50.4 Å². The summed E-state index contributed by atoms with van der Waals surface area (Å²) in [5, 5.41) is 1.17. The number of carbonyl (C=O) groups excluding carboxylic acids is 1. The van der Waals surface area contributed by atoms with Gasteiger partial charge in [-0.1, -0.05) is 24.3 Å². The molecule has 0 radical (unpaired) electrons. The van der Waals surface area contributed by atoms with E-state index in [2.05, 4.69) is 38.7 Å². The van der Waals surface area contributed by atoms with Crippen LogP contribution in [0.15, 0.2) is 48.9 Å². The molecule has 1 atom stereocenters. The molecule has 1 fully saturated rings. The second-order valence-electron chi connectivity index (χ2n) is 7.55. The van der Waals surface area contributed by atoms with Crippen molar-refractivity contribution in [1.29, 1.82) is 0 Å². The third-order valence-electron chi connectivity index (χ3n) is 5.64. The standard InChI is InChI=1S/C21H23N5O/c27-21-6-3-9-25(21)14-19-13-24(12-18-10-22-15-26(18)19)11-17-8-7-16-4-1-2-5-20(16)23-17/h1-2,4-5,7-8,10,15,19H,3,6,9,11-14H2/t19-/m0/s1.